The quantitative estimate of drug-likeness (QED) is 0.335. The molecule has 14 heteroatoms. The highest BCUT2D eigenvalue weighted by molar-refractivity contribution is 9.06. The maximum atomic E-state index is 12.7. The molecule has 0 aliphatic carbocycles. The first kappa shape index (κ1) is 23.9. The van der Waals surface area contributed by atoms with E-state index < -0.39 is 42.0 Å². The zero-order valence-electron chi connectivity index (χ0n) is 14.4. The average Bonchev–Trinajstić information content (AvgIpc) is 2.71. The Balaban J connectivity index is 2.72. The van der Waals surface area contributed by atoms with Crippen molar-refractivity contribution in [3.05, 3.63) is 70.5 Å². The van der Waals surface area contributed by atoms with E-state index in [1.165, 1.54) is 48.5 Å². The molecule has 0 amide bonds. The molecular formula is C16H10Br2O10S2. The van der Waals surface area contributed by atoms with Gasteiger partial charge in [0.2, 0.25) is 9.81 Å². The molecule has 0 atom stereocenters. The van der Waals surface area contributed by atoms with Gasteiger partial charge in [-0.15, -0.1) is 0 Å². The highest BCUT2D eigenvalue weighted by Gasteiger charge is 2.44. The van der Waals surface area contributed by atoms with Crippen LogP contribution in [0.2, 0.25) is 0 Å². The number of carbonyl (C=O) groups is 2. The molecule has 0 unspecified atom stereocenters. The Morgan fingerprint density at radius 2 is 0.900 bits per heavy atom. The summed E-state index contributed by atoms with van der Waals surface area (Å²) in [4.78, 5) is 21.0. The minimum Gasteiger partial charge on any atom is -0.379 e. The normalized spacial score (nSPS) is 12.3. The van der Waals surface area contributed by atoms with Crippen LogP contribution >= 0.6 is 32.5 Å². The van der Waals surface area contributed by atoms with Crippen molar-refractivity contribution in [2.45, 2.75) is 0 Å². The van der Waals surface area contributed by atoms with E-state index in [4.69, 9.17) is 8.37 Å². The molecule has 0 aliphatic heterocycles. The van der Waals surface area contributed by atoms with Gasteiger partial charge in [0.05, 0.1) is 0 Å². The smallest absolute Gasteiger partial charge is 0.366 e. The lowest BCUT2D eigenvalue weighted by atomic mass is 10.3. The van der Waals surface area contributed by atoms with E-state index in [0.717, 1.165) is 0 Å². The molecule has 0 aliphatic rings. The predicted molar refractivity (Wildman–Crippen MR) is 109 cm³/mol. The number of carbonyl (C=O) groups excluding carboxylic acids is 2. The fraction of sp³-hybridized carbons (Fsp3) is 0. The maximum absolute atomic E-state index is 12.7. The first-order chi connectivity index (χ1) is 14.1. The Hall–Kier alpha value is -2.42. The average molecular weight is 586 g/mol. The largest absolute Gasteiger partial charge is 0.379 e. The summed E-state index contributed by atoms with van der Waals surface area (Å²) in [5.41, 5.74) is 0. The van der Waals surface area contributed by atoms with Gasteiger partial charge in [0, 0.05) is 0 Å². The third kappa shape index (κ3) is 5.81. The monoisotopic (exact) mass is 584 g/mol. The van der Waals surface area contributed by atoms with Crippen molar-refractivity contribution in [1.82, 2.24) is 0 Å². The molecule has 2 rings (SSSR count). The summed E-state index contributed by atoms with van der Waals surface area (Å²) >= 11 is 4.53. The summed E-state index contributed by atoms with van der Waals surface area (Å²) in [5.74, 6) is -4.10. The van der Waals surface area contributed by atoms with E-state index in [2.05, 4.69) is 40.2 Å². The Morgan fingerprint density at radius 1 is 0.600 bits per heavy atom. The van der Waals surface area contributed by atoms with Crippen molar-refractivity contribution in [2.75, 3.05) is 0 Å². The predicted octanol–water partition coefficient (Wildman–Crippen LogP) is 2.72. The van der Waals surface area contributed by atoms with E-state index in [0.29, 0.717) is 0 Å². The molecule has 2 aromatic carbocycles. The minimum atomic E-state index is -5.22. The highest BCUT2D eigenvalue weighted by atomic mass is 79.9. The fourth-order valence-corrected chi connectivity index (χ4v) is 5.13. The van der Waals surface area contributed by atoms with Crippen molar-refractivity contribution < 1.29 is 42.4 Å². The molecule has 30 heavy (non-hydrogen) atoms. The Morgan fingerprint density at radius 3 is 1.17 bits per heavy atom. The van der Waals surface area contributed by atoms with E-state index in [1.54, 1.807) is 12.1 Å². The van der Waals surface area contributed by atoms with Crippen LogP contribution in [0.4, 0.5) is 0 Å². The van der Waals surface area contributed by atoms with Crippen LogP contribution in [-0.4, -0.2) is 28.8 Å². The number of halogens is 2. The summed E-state index contributed by atoms with van der Waals surface area (Å²) in [7, 11) is -10.4. The van der Waals surface area contributed by atoms with Crippen LogP contribution in [0.15, 0.2) is 70.5 Å². The van der Waals surface area contributed by atoms with Gasteiger partial charge in [0.1, 0.15) is 11.5 Å². The Bertz CT molecular complexity index is 1070. The van der Waals surface area contributed by atoms with Gasteiger partial charge in [-0.2, -0.15) is 16.8 Å². The van der Waals surface area contributed by atoms with Crippen LogP contribution in [0.3, 0.4) is 0 Å². The highest BCUT2D eigenvalue weighted by Crippen LogP contribution is 2.27. The Kier molecular flexibility index (Phi) is 8.00. The lowest BCUT2D eigenvalue weighted by molar-refractivity contribution is -0.130. The second-order valence-corrected chi connectivity index (χ2v) is 8.70. The summed E-state index contributed by atoms with van der Waals surface area (Å²) in [6.07, 6.45) is 0. The molecule has 0 radical (unpaired) electrons. The second-order valence-electron chi connectivity index (χ2n) is 5.09. The number of hydrogen-bond acceptors (Lipinski definition) is 10. The summed E-state index contributed by atoms with van der Waals surface area (Å²) in [6, 6.07) is 13.6. The zero-order valence-corrected chi connectivity index (χ0v) is 19.2. The van der Waals surface area contributed by atoms with Crippen molar-refractivity contribution >= 4 is 64.7 Å². The maximum Gasteiger partial charge on any atom is 0.366 e. The first-order valence-electron chi connectivity index (χ1n) is 7.51. The molecule has 0 saturated heterocycles. The molecule has 0 N–H and O–H groups in total. The van der Waals surface area contributed by atoms with Crippen molar-refractivity contribution in [1.29, 1.82) is 0 Å². The Labute approximate surface area is 188 Å². The van der Waals surface area contributed by atoms with Crippen LogP contribution in [0.5, 0.6) is 11.5 Å². The first-order valence-corrected chi connectivity index (χ1v) is 11.6. The van der Waals surface area contributed by atoms with Gasteiger partial charge in [-0.05, 0) is 24.3 Å². The molecule has 10 nitrogen and oxygen atoms in total. The summed E-state index contributed by atoms with van der Waals surface area (Å²) in [6.45, 7) is 0. The van der Waals surface area contributed by atoms with Gasteiger partial charge in [0.25, 0.3) is 0 Å². The van der Waals surface area contributed by atoms with E-state index >= 15 is 0 Å². The second kappa shape index (κ2) is 10.1. The molecule has 2 aromatic rings. The zero-order chi connectivity index (χ0) is 22.4. The van der Waals surface area contributed by atoms with E-state index in [-0.39, 0.29) is 11.5 Å². The summed E-state index contributed by atoms with van der Waals surface area (Å²) in [5, 5.41) is 0. The topological polar surface area (TPSA) is 139 Å². The fourth-order valence-electron chi connectivity index (χ4n) is 1.98. The molecule has 0 spiro atoms. The van der Waals surface area contributed by atoms with Crippen molar-refractivity contribution in [3.63, 3.8) is 0 Å². The van der Waals surface area contributed by atoms with Crippen molar-refractivity contribution in [3.8, 4) is 11.5 Å². The lowest BCUT2D eigenvalue weighted by Crippen LogP contribution is -2.29. The molecule has 0 bridgehead atoms. The number of para-hydroxylation sites is 2. The third-order valence-corrected chi connectivity index (χ3v) is 6.40. The molecule has 0 saturated carbocycles. The molecule has 0 fully saturated rings. The van der Waals surface area contributed by atoms with E-state index in [1.807, 2.05) is 0 Å². The molecule has 0 heterocycles. The van der Waals surface area contributed by atoms with E-state index in [9.17, 15) is 26.4 Å². The summed E-state index contributed by atoms with van der Waals surface area (Å²) < 4.78 is 68.7. The van der Waals surface area contributed by atoms with Crippen LogP contribution in [0.25, 0.3) is 0 Å². The van der Waals surface area contributed by atoms with Gasteiger partial charge in [-0.1, -0.05) is 36.4 Å². The number of hydrogen-bond donors (Lipinski definition) is 0. The molecule has 0 aromatic heterocycles. The van der Waals surface area contributed by atoms with Crippen LogP contribution < -0.4 is 8.37 Å². The van der Waals surface area contributed by atoms with Gasteiger partial charge in [0.15, 0.2) is 32.5 Å². The van der Waals surface area contributed by atoms with Crippen LogP contribution in [0, 0.1) is 0 Å². The van der Waals surface area contributed by atoms with Crippen LogP contribution in [-0.2, 0) is 37.5 Å². The van der Waals surface area contributed by atoms with Crippen molar-refractivity contribution in [2.24, 2.45) is 0 Å². The lowest BCUT2D eigenvalue weighted by Gasteiger charge is -2.13. The SMILES string of the molecule is O=C(OBr)/C(=C(\C(=O)OBr)S(=O)(=O)Oc1ccccc1)S(=O)(=O)Oc1ccccc1. The van der Waals surface area contributed by atoms with Gasteiger partial charge in [-0.3, -0.25) is 0 Å². The molecule has 160 valence electrons. The number of benzene rings is 2. The number of rotatable bonds is 8. The molecular weight excluding hydrogens is 576 g/mol. The van der Waals surface area contributed by atoms with Gasteiger partial charge >= 0.3 is 32.2 Å². The third-order valence-electron chi connectivity index (χ3n) is 3.12. The minimum absolute atomic E-state index is 0.273. The standard InChI is InChI=1S/C16H10Br2O10S2/c17-25-15(19)13(29(21,22)27-11-7-3-1-4-8-11)14(16(20)26-18)30(23,24)28-12-9-5-2-6-10-12/h1-10H/b14-13-. The van der Waals surface area contributed by atoms with Crippen LogP contribution in [0.1, 0.15) is 0 Å². The van der Waals surface area contributed by atoms with Gasteiger partial charge in [-0.25, -0.2) is 9.59 Å². The van der Waals surface area contributed by atoms with Gasteiger partial charge < -0.3 is 16.0 Å².